The Labute approximate surface area is 439 Å². The number of nitrogens with zero attached hydrogens (tertiary/aromatic N) is 1. The first-order valence-corrected chi connectivity index (χ1v) is 28.7. The van der Waals surface area contributed by atoms with E-state index in [-0.39, 0.29) is 26.1 Å². The summed E-state index contributed by atoms with van der Waals surface area (Å²) >= 11 is 0. The van der Waals surface area contributed by atoms with Crippen LogP contribution in [0.3, 0.4) is 0 Å². The van der Waals surface area contributed by atoms with E-state index in [1.54, 1.807) is 0 Å². The first kappa shape index (κ1) is 67.6. The van der Waals surface area contributed by atoms with Crippen LogP contribution < -0.4 is 4.89 Å². The standard InChI is InChI=1S/C62H98NO8P/c1-6-8-10-12-14-16-18-20-22-24-26-28-30-31-33-35-37-39-41-43-45-47-49-51-53-55-62(65)71-60(59-70-72(66,67)69-57-56-63(3,4)5)58-68-61(64)54-52-50-48-46-44-42-40-38-36-34-32-29-27-25-23-21-19-17-15-13-11-9-7-2/h8-11,14-17,20-23,26-29,31,33-34,36-37,39-40,42-43,45,60H,6-7,12-13,18-19,24-25,30,32,35,38,41,44,46-59H2,1-5H3/b10-8-,11-9-,16-14-,17-15-,22-20-,23-21-,28-26-,29-27-,33-31-,36-34-,39-37-,42-40-,45-43-. The molecule has 0 aromatic heterocycles. The number of likely N-dealkylation sites (N-methyl/N-ethyl adjacent to an activating group) is 1. The summed E-state index contributed by atoms with van der Waals surface area (Å²) in [6.45, 7) is 3.90. The van der Waals surface area contributed by atoms with Crippen molar-refractivity contribution in [3.63, 3.8) is 0 Å². The van der Waals surface area contributed by atoms with Crippen molar-refractivity contribution >= 4 is 19.8 Å². The molecule has 2 unspecified atom stereocenters. The lowest BCUT2D eigenvalue weighted by Gasteiger charge is -2.28. The molecular weight excluding hydrogens is 918 g/mol. The predicted octanol–water partition coefficient (Wildman–Crippen LogP) is 16.3. The Morgan fingerprint density at radius 3 is 1.11 bits per heavy atom. The topological polar surface area (TPSA) is 111 Å². The Morgan fingerprint density at radius 2 is 0.750 bits per heavy atom. The van der Waals surface area contributed by atoms with Gasteiger partial charge in [-0.2, -0.15) is 0 Å². The Morgan fingerprint density at radius 1 is 0.431 bits per heavy atom. The summed E-state index contributed by atoms with van der Waals surface area (Å²) in [7, 11) is 1.10. The van der Waals surface area contributed by atoms with Gasteiger partial charge in [-0.1, -0.05) is 191 Å². The van der Waals surface area contributed by atoms with E-state index in [4.69, 9.17) is 18.5 Å². The fraction of sp³-hybridized carbons (Fsp3) is 0.548. The number of quaternary nitrogens is 1. The quantitative estimate of drug-likeness (QED) is 0.0195. The summed E-state index contributed by atoms with van der Waals surface area (Å²) in [4.78, 5) is 37.8. The molecule has 0 rings (SSSR count). The lowest BCUT2D eigenvalue weighted by atomic mass is 10.1. The van der Waals surface area contributed by atoms with Gasteiger partial charge in [0.05, 0.1) is 27.7 Å². The highest BCUT2D eigenvalue weighted by Gasteiger charge is 2.21. The third-order valence-corrected chi connectivity index (χ3v) is 11.5. The maximum Gasteiger partial charge on any atom is 0.306 e. The highest BCUT2D eigenvalue weighted by Crippen LogP contribution is 2.38. The SMILES string of the molecule is CC/C=C\C/C=C\C/C=C\C/C=C\C/C=C\C/C=C\C/C=C\CCCCCC(=O)OC(COC(=O)CCCCCC/C=C\C/C=C\C/C=C\C/C=C\C/C=C\C/C=C\CC)COP(=O)([O-])OCC[N+](C)(C)C. The zero-order valence-electron chi connectivity index (χ0n) is 45.5. The molecule has 72 heavy (non-hydrogen) atoms. The van der Waals surface area contributed by atoms with Crippen molar-refractivity contribution in [2.24, 2.45) is 0 Å². The molecule has 0 aliphatic heterocycles. The zero-order valence-corrected chi connectivity index (χ0v) is 46.4. The van der Waals surface area contributed by atoms with Crippen LogP contribution in [0.25, 0.3) is 0 Å². The number of phosphoric acid groups is 1. The number of rotatable bonds is 47. The Balaban J connectivity index is 4.41. The van der Waals surface area contributed by atoms with Gasteiger partial charge in [0.25, 0.3) is 7.82 Å². The van der Waals surface area contributed by atoms with Crippen LogP contribution in [-0.2, 0) is 32.7 Å². The molecule has 404 valence electrons. The second kappa shape index (κ2) is 51.5. The fourth-order valence-electron chi connectivity index (χ4n) is 6.40. The Bertz CT molecular complexity index is 1770. The van der Waals surface area contributed by atoms with Crippen molar-refractivity contribution in [2.75, 3.05) is 47.5 Å². The summed E-state index contributed by atoms with van der Waals surface area (Å²) in [5, 5.41) is 0. The van der Waals surface area contributed by atoms with E-state index in [0.29, 0.717) is 23.9 Å². The molecule has 0 aliphatic rings. The number of allylic oxidation sites excluding steroid dienone is 26. The second-order valence-electron chi connectivity index (χ2n) is 18.5. The normalized spacial score (nSPS) is 14.6. The van der Waals surface area contributed by atoms with Gasteiger partial charge < -0.3 is 27.9 Å². The highest BCUT2D eigenvalue weighted by atomic mass is 31.2. The van der Waals surface area contributed by atoms with E-state index < -0.39 is 32.5 Å². The van der Waals surface area contributed by atoms with Crippen LogP contribution >= 0.6 is 7.82 Å². The first-order chi connectivity index (χ1) is 35.0. The maximum absolute atomic E-state index is 12.8. The van der Waals surface area contributed by atoms with Gasteiger partial charge in [0, 0.05) is 12.8 Å². The van der Waals surface area contributed by atoms with Crippen LogP contribution in [0.15, 0.2) is 158 Å². The molecule has 9 nitrogen and oxygen atoms in total. The first-order valence-electron chi connectivity index (χ1n) is 27.2. The van der Waals surface area contributed by atoms with Crippen LogP contribution in [0.5, 0.6) is 0 Å². The highest BCUT2D eigenvalue weighted by molar-refractivity contribution is 7.45. The summed E-state index contributed by atoms with van der Waals surface area (Å²) < 4.78 is 34.0. The van der Waals surface area contributed by atoms with Gasteiger partial charge in [-0.15, -0.1) is 0 Å². The van der Waals surface area contributed by atoms with Crippen molar-refractivity contribution in [1.82, 2.24) is 0 Å². The summed E-state index contributed by atoms with van der Waals surface area (Å²) in [6.07, 6.45) is 77.1. The third kappa shape index (κ3) is 55.0. The molecule has 0 saturated carbocycles. The van der Waals surface area contributed by atoms with Crippen molar-refractivity contribution in [3.8, 4) is 0 Å². The molecule has 0 aliphatic carbocycles. The van der Waals surface area contributed by atoms with Gasteiger partial charge in [-0.25, -0.2) is 0 Å². The second-order valence-corrected chi connectivity index (χ2v) is 19.9. The number of phosphoric ester groups is 1. The molecule has 2 atom stereocenters. The van der Waals surface area contributed by atoms with Gasteiger partial charge in [0.1, 0.15) is 19.8 Å². The van der Waals surface area contributed by atoms with Crippen LogP contribution in [-0.4, -0.2) is 70.0 Å². The Kier molecular flexibility index (Phi) is 48.4. The summed E-state index contributed by atoms with van der Waals surface area (Å²) in [6, 6.07) is 0. The zero-order chi connectivity index (χ0) is 52.7. The minimum Gasteiger partial charge on any atom is -0.756 e. The monoisotopic (exact) mass is 1020 g/mol. The van der Waals surface area contributed by atoms with Crippen molar-refractivity contribution in [3.05, 3.63) is 158 Å². The van der Waals surface area contributed by atoms with Gasteiger partial charge >= 0.3 is 11.9 Å². The van der Waals surface area contributed by atoms with Gasteiger partial charge in [-0.3, -0.25) is 14.2 Å². The van der Waals surface area contributed by atoms with Crippen molar-refractivity contribution in [2.45, 2.75) is 174 Å². The van der Waals surface area contributed by atoms with E-state index in [9.17, 15) is 19.0 Å². The van der Waals surface area contributed by atoms with Gasteiger partial charge in [0.2, 0.25) is 0 Å². The van der Waals surface area contributed by atoms with E-state index >= 15 is 0 Å². The summed E-state index contributed by atoms with van der Waals surface area (Å²) in [5.74, 6) is -0.919. The van der Waals surface area contributed by atoms with Crippen LogP contribution in [0.2, 0.25) is 0 Å². The van der Waals surface area contributed by atoms with Crippen molar-refractivity contribution < 1.29 is 42.1 Å². The molecule has 0 aromatic rings. The Hall–Kier alpha value is -4.37. The minimum atomic E-state index is -4.66. The van der Waals surface area contributed by atoms with E-state index in [1.807, 2.05) is 21.1 Å². The number of hydrogen-bond acceptors (Lipinski definition) is 8. The number of carbonyl (C=O) groups is 2. The van der Waals surface area contributed by atoms with Crippen LogP contribution in [0, 0.1) is 0 Å². The predicted molar refractivity (Wildman–Crippen MR) is 304 cm³/mol. The lowest BCUT2D eigenvalue weighted by Crippen LogP contribution is -2.37. The molecule has 10 heteroatoms. The summed E-state index contributed by atoms with van der Waals surface area (Å²) in [5.41, 5.74) is 0. The molecule has 0 bridgehead atoms. The lowest BCUT2D eigenvalue weighted by molar-refractivity contribution is -0.870. The molecule has 0 saturated heterocycles. The average molecular weight is 1020 g/mol. The van der Waals surface area contributed by atoms with Gasteiger partial charge in [0.15, 0.2) is 6.10 Å². The molecule has 0 spiro atoms. The van der Waals surface area contributed by atoms with Crippen LogP contribution in [0.1, 0.15) is 168 Å². The molecule has 0 N–H and O–H groups in total. The van der Waals surface area contributed by atoms with E-state index in [1.165, 1.54) is 0 Å². The maximum atomic E-state index is 12.8. The smallest absolute Gasteiger partial charge is 0.306 e. The number of carbonyl (C=O) groups excluding carboxylic acids is 2. The number of unbranched alkanes of at least 4 members (excludes halogenated alkanes) is 7. The van der Waals surface area contributed by atoms with E-state index in [2.05, 4.69) is 172 Å². The van der Waals surface area contributed by atoms with Crippen molar-refractivity contribution in [1.29, 1.82) is 0 Å². The largest absolute Gasteiger partial charge is 0.756 e. The molecule has 0 radical (unpaired) electrons. The fourth-order valence-corrected chi connectivity index (χ4v) is 7.13. The molecule has 0 aromatic carbocycles. The average Bonchev–Trinajstić information content (AvgIpc) is 3.34. The third-order valence-electron chi connectivity index (χ3n) is 10.5. The number of hydrogen-bond donors (Lipinski definition) is 0. The minimum absolute atomic E-state index is 0.0528. The molecular formula is C62H98NO8P. The number of esters is 2. The van der Waals surface area contributed by atoms with Gasteiger partial charge in [-0.05, 0) is 122 Å². The van der Waals surface area contributed by atoms with E-state index in [0.717, 1.165) is 128 Å². The number of ether oxygens (including phenoxy) is 2. The molecule has 0 amide bonds. The molecule has 0 fully saturated rings. The van der Waals surface area contributed by atoms with Crippen LogP contribution in [0.4, 0.5) is 0 Å². The molecule has 0 heterocycles.